The number of nitrogens with one attached hydrogen (secondary N) is 1. The third-order valence-corrected chi connectivity index (χ3v) is 8.33. The van der Waals surface area contributed by atoms with Crippen LogP contribution < -0.4 is 26.3 Å². The van der Waals surface area contributed by atoms with Gasteiger partial charge in [-0.25, -0.2) is 0 Å². The Labute approximate surface area is 291 Å². The minimum Gasteiger partial charge on any atom is -0.493 e. The van der Waals surface area contributed by atoms with Crippen LogP contribution in [0.15, 0.2) is 102 Å². The first-order chi connectivity index (χ1) is 24.3. The van der Waals surface area contributed by atoms with E-state index in [9.17, 15) is 19.5 Å². The number of ketones is 2. The monoisotopic (exact) mass is 674 g/mol. The summed E-state index contributed by atoms with van der Waals surface area (Å²) in [5, 5.41) is 16.1. The highest BCUT2D eigenvalue weighted by Crippen LogP contribution is 2.45. The van der Waals surface area contributed by atoms with Crippen molar-refractivity contribution in [2.75, 3.05) is 31.7 Å². The maximum atomic E-state index is 13.6. The van der Waals surface area contributed by atoms with Crippen molar-refractivity contribution in [2.45, 2.75) is 32.6 Å². The summed E-state index contributed by atoms with van der Waals surface area (Å²) in [5.74, 6) is -0.661. The van der Waals surface area contributed by atoms with Crippen molar-refractivity contribution in [3.63, 3.8) is 0 Å². The fourth-order valence-electron chi connectivity index (χ4n) is 5.94. The number of hydrogen-bond donors (Lipinski definition) is 4. The molecule has 0 heterocycles. The molecule has 6 N–H and O–H groups in total. The van der Waals surface area contributed by atoms with Crippen LogP contribution in [0.5, 0.6) is 11.5 Å². The number of rotatable bonds is 17. The zero-order valence-corrected chi connectivity index (χ0v) is 28.1. The van der Waals surface area contributed by atoms with Crippen LogP contribution in [0.1, 0.15) is 43.0 Å². The number of aliphatic hydroxyl groups is 1. The van der Waals surface area contributed by atoms with E-state index in [1.54, 1.807) is 18.2 Å². The number of aliphatic hydroxyl groups excluding tert-OH is 1. The van der Waals surface area contributed by atoms with Crippen molar-refractivity contribution in [3.8, 4) is 22.6 Å². The van der Waals surface area contributed by atoms with E-state index >= 15 is 0 Å². The van der Waals surface area contributed by atoms with E-state index in [1.807, 2.05) is 60.7 Å². The lowest BCUT2D eigenvalue weighted by molar-refractivity contribution is -0.127. The van der Waals surface area contributed by atoms with E-state index in [-0.39, 0.29) is 30.3 Å². The molecule has 0 bridgehead atoms. The van der Waals surface area contributed by atoms with Gasteiger partial charge in [0.05, 0.1) is 6.61 Å². The van der Waals surface area contributed by atoms with Gasteiger partial charge in [0.1, 0.15) is 24.7 Å². The Morgan fingerprint density at radius 1 is 0.820 bits per heavy atom. The number of fused-ring (bicyclic) bond motifs is 2. The molecule has 0 saturated heterocycles. The number of nitrogens with zero attached hydrogens (tertiary/aromatic N) is 1. The number of amides is 1. The van der Waals surface area contributed by atoms with E-state index in [0.29, 0.717) is 37.4 Å². The van der Waals surface area contributed by atoms with E-state index in [0.717, 1.165) is 44.8 Å². The van der Waals surface area contributed by atoms with Crippen molar-refractivity contribution < 1.29 is 29.0 Å². The number of anilines is 1. The second kappa shape index (κ2) is 17.1. The SMILES string of the molecule is CCCOc1ccc2ccccc2c1-c1c(OCC(=O)C[C@H](CCCN=C(N)N)C(=O)Nc2cccc(C(=O)CO)c2)ccc2ccccc12. The average molecular weight is 675 g/mol. The van der Waals surface area contributed by atoms with Crippen molar-refractivity contribution in [1.29, 1.82) is 0 Å². The molecule has 5 aromatic rings. The molecule has 50 heavy (non-hydrogen) atoms. The minimum atomic E-state index is -0.722. The molecule has 1 atom stereocenters. The molecule has 5 rings (SSSR count). The Balaban J connectivity index is 1.42. The summed E-state index contributed by atoms with van der Waals surface area (Å²) in [6.45, 7) is 1.98. The summed E-state index contributed by atoms with van der Waals surface area (Å²) in [6.07, 6.45) is 1.54. The van der Waals surface area contributed by atoms with Crippen LogP contribution in [-0.4, -0.2) is 54.9 Å². The molecule has 0 radical (unpaired) electrons. The number of aliphatic imine (C=N–C) groups is 1. The Bertz CT molecular complexity index is 2020. The number of Topliss-reactive ketones (excluding diaryl/α,β-unsaturated/α-hetero) is 2. The molecule has 258 valence electrons. The number of ether oxygens (including phenoxy) is 2. The molecule has 0 unspecified atom stereocenters. The van der Waals surface area contributed by atoms with E-state index in [1.165, 1.54) is 6.07 Å². The summed E-state index contributed by atoms with van der Waals surface area (Å²) in [7, 11) is 0. The van der Waals surface area contributed by atoms with Gasteiger partial charge in [0.15, 0.2) is 17.5 Å². The fourth-order valence-corrected chi connectivity index (χ4v) is 5.94. The van der Waals surface area contributed by atoms with Crippen LogP contribution in [0, 0.1) is 5.92 Å². The maximum absolute atomic E-state index is 13.6. The van der Waals surface area contributed by atoms with Crippen LogP contribution in [0.4, 0.5) is 5.69 Å². The first kappa shape index (κ1) is 35.6. The van der Waals surface area contributed by atoms with Crippen molar-refractivity contribution in [3.05, 3.63) is 103 Å². The normalized spacial score (nSPS) is 11.6. The zero-order chi connectivity index (χ0) is 35.5. The molecule has 0 aliphatic rings. The zero-order valence-electron chi connectivity index (χ0n) is 28.1. The standard InChI is InChI=1S/C40H42N4O6/c1-2-21-49-35-18-16-26-9-3-5-14-32(26)37(35)38-33-15-6-4-10-27(33)17-19-36(38)50-25-31(46)23-29(12-8-20-43-40(41)42)39(48)44-30-13-7-11-28(22-30)34(47)24-45/h3-7,9-11,13-19,22,29,45H,2,8,12,20-21,23-25H2,1H3,(H,44,48)(H4,41,42,43)/t29-/m0/s1. The Kier molecular flexibility index (Phi) is 12.1. The van der Waals surface area contributed by atoms with E-state index < -0.39 is 24.2 Å². The number of guanidine groups is 1. The van der Waals surface area contributed by atoms with Gasteiger partial charge >= 0.3 is 0 Å². The van der Waals surface area contributed by atoms with Crippen molar-refractivity contribution in [1.82, 2.24) is 0 Å². The third-order valence-electron chi connectivity index (χ3n) is 8.33. The fraction of sp³-hybridized carbons (Fsp3) is 0.250. The largest absolute Gasteiger partial charge is 0.493 e. The molecule has 10 heteroatoms. The van der Waals surface area contributed by atoms with Gasteiger partial charge in [0.2, 0.25) is 5.91 Å². The lowest BCUT2D eigenvalue weighted by Crippen LogP contribution is -2.27. The first-order valence-electron chi connectivity index (χ1n) is 16.7. The Morgan fingerprint density at radius 2 is 1.46 bits per heavy atom. The molecule has 0 fully saturated rings. The highest BCUT2D eigenvalue weighted by atomic mass is 16.5. The number of nitrogens with two attached hydrogens (primary N) is 2. The van der Waals surface area contributed by atoms with Gasteiger partial charge < -0.3 is 31.4 Å². The van der Waals surface area contributed by atoms with E-state index in [2.05, 4.69) is 29.4 Å². The summed E-state index contributed by atoms with van der Waals surface area (Å²) in [6, 6.07) is 30.3. The third kappa shape index (κ3) is 8.83. The molecule has 1 amide bonds. The molecule has 0 saturated carbocycles. The predicted molar refractivity (Wildman–Crippen MR) is 198 cm³/mol. The summed E-state index contributed by atoms with van der Waals surface area (Å²) in [4.78, 5) is 43.1. The van der Waals surface area contributed by atoms with Crippen LogP contribution in [0.25, 0.3) is 32.7 Å². The average Bonchev–Trinajstić information content (AvgIpc) is 3.13. The summed E-state index contributed by atoms with van der Waals surface area (Å²) in [5.41, 5.74) is 13.3. The molecule has 0 aliphatic heterocycles. The smallest absolute Gasteiger partial charge is 0.227 e. The second-order valence-electron chi connectivity index (χ2n) is 12.0. The summed E-state index contributed by atoms with van der Waals surface area (Å²) < 4.78 is 12.6. The molecule has 0 aromatic heterocycles. The number of benzene rings is 5. The quantitative estimate of drug-likeness (QED) is 0.0388. The van der Waals surface area contributed by atoms with Crippen LogP contribution in [-0.2, 0) is 9.59 Å². The topological polar surface area (TPSA) is 166 Å². The maximum Gasteiger partial charge on any atom is 0.227 e. The van der Waals surface area contributed by atoms with Gasteiger partial charge in [-0.3, -0.25) is 19.4 Å². The summed E-state index contributed by atoms with van der Waals surface area (Å²) >= 11 is 0. The van der Waals surface area contributed by atoms with Crippen LogP contribution in [0.3, 0.4) is 0 Å². The highest BCUT2D eigenvalue weighted by molar-refractivity contribution is 6.10. The first-order valence-corrected chi connectivity index (χ1v) is 16.7. The minimum absolute atomic E-state index is 0.0542. The van der Waals surface area contributed by atoms with Gasteiger partial charge in [-0.15, -0.1) is 0 Å². The highest BCUT2D eigenvalue weighted by Gasteiger charge is 2.24. The van der Waals surface area contributed by atoms with Crippen molar-refractivity contribution >= 4 is 50.7 Å². The van der Waals surface area contributed by atoms with Crippen molar-refractivity contribution in [2.24, 2.45) is 22.4 Å². The number of carbonyl (C=O) groups is 3. The lowest BCUT2D eigenvalue weighted by atomic mass is 9.92. The van der Waals surface area contributed by atoms with Crippen LogP contribution in [0.2, 0.25) is 0 Å². The van der Waals surface area contributed by atoms with Gasteiger partial charge in [-0.1, -0.05) is 79.7 Å². The van der Waals surface area contributed by atoms with E-state index in [4.69, 9.17) is 20.9 Å². The predicted octanol–water partition coefficient (Wildman–Crippen LogP) is 6.27. The lowest BCUT2D eigenvalue weighted by Gasteiger charge is -2.20. The van der Waals surface area contributed by atoms with Gasteiger partial charge in [-0.2, -0.15) is 0 Å². The Hall–Kier alpha value is -5.74. The molecule has 5 aromatic carbocycles. The molecule has 10 nitrogen and oxygen atoms in total. The molecule has 0 spiro atoms. The molecular weight excluding hydrogens is 632 g/mol. The Morgan fingerprint density at radius 3 is 2.08 bits per heavy atom. The van der Waals surface area contributed by atoms with Gasteiger partial charge in [-0.05, 0) is 65.1 Å². The second-order valence-corrected chi connectivity index (χ2v) is 12.0. The van der Waals surface area contributed by atoms with Gasteiger partial charge in [0, 0.05) is 41.3 Å². The number of hydrogen-bond acceptors (Lipinski definition) is 7. The molecule has 0 aliphatic carbocycles. The number of carbonyl (C=O) groups excluding carboxylic acids is 3. The van der Waals surface area contributed by atoms with Crippen LogP contribution >= 0.6 is 0 Å². The van der Waals surface area contributed by atoms with Gasteiger partial charge in [0.25, 0.3) is 0 Å². The molecular formula is C40H42N4O6.